The number of carbonyl (C=O) groups is 1. The van der Waals surface area contributed by atoms with Gasteiger partial charge in [0.2, 0.25) is 6.29 Å². The van der Waals surface area contributed by atoms with Crippen molar-refractivity contribution in [1.82, 2.24) is 0 Å². The topological polar surface area (TPSA) is 374 Å². The number of fused-ring (bicyclic) bond motifs is 3. The predicted molar refractivity (Wildman–Crippen MR) is 219 cm³/mol. The van der Waals surface area contributed by atoms with Crippen molar-refractivity contribution in [3.05, 3.63) is 12.2 Å². The Morgan fingerprint density at radius 3 is 1.52 bits per heavy atom. The number of rotatable bonds is 12. The molecule has 8 aliphatic rings. The van der Waals surface area contributed by atoms with E-state index in [1.54, 1.807) is 0 Å². The Labute approximate surface area is 386 Å². The summed E-state index contributed by atoms with van der Waals surface area (Å²) in [5, 5.41) is 147. The van der Waals surface area contributed by atoms with Crippen LogP contribution in [0.1, 0.15) is 71.6 Å². The molecule has 0 amide bonds. The van der Waals surface area contributed by atoms with E-state index in [0.29, 0.717) is 51.4 Å². The molecule has 0 radical (unpaired) electrons. The van der Waals surface area contributed by atoms with Crippen molar-refractivity contribution >= 4 is 5.97 Å². The lowest BCUT2D eigenvalue weighted by Gasteiger charge is -2.64. The van der Waals surface area contributed by atoms with Crippen molar-refractivity contribution in [2.75, 3.05) is 26.4 Å². The molecule has 4 saturated heterocycles. The van der Waals surface area contributed by atoms with Crippen molar-refractivity contribution in [3.63, 3.8) is 0 Å². The number of aliphatic hydroxyl groups excluding tert-OH is 14. The van der Waals surface area contributed by atoms with Crippen LogP contribution in [0.2, 0.25) is 0 Å². The van der Waals surface area contributed by atoms with Gasteiger partial charge in [0.25, 0.3) is 0 Å². The zero-order valence-corrected chi connectivity index (χ0v) is 37.5. The van der Waals surface area contributed by atoms with E-state index in [0.717, 1.165) is 12.0 Å². The third kappa shape index (κ3) is 8.63. The minimum absolute atomic E-state index is 0.0251. The van der Waals surface area contributed by atoms with E-state index in [2.05, 4.69) is 13.5 Å². The van der Waals surface area contributed by atoms with Gasteiger partial charge < -0.3 is 109 Å². The fraction of sp³-hybridized carbons (Fsp3) is 0.932. The van der Waals surface area contributed by atoms with Crippen molar-refractivity contribution in [1.29, 1.82) is 0 Å². The van der Waals surface area contributed by atoms with Crippen LogP contribution in [0.15, 0.2) is 12.2 Å². The smallest absolute Gasteiger partial charge is 0.314 e. The molecule has 0 aromatic carbocycles. The van der Waals surface area contributed by atoms with E-state index in [1.807, 2.05) is 6.92 Å². The molecular weight excluding hydrogens is 896 g/mol. The molecule has 23 unspecified atom stereocenters. The van der Waals surface area contributed by atoms with Crippen LogP contribution in [-0.4, -0.2) is 232 Å². The lowest BCUT2D eigenvalue weighted by molar-refractivity contribution is -0.378. The van der Waals surface area contributed by atoms with Crippen LogP contribution in [0.5, 0.6) is 0 Å². The molecule has 4 aliphatic heterocycles. The van der Waals surface area contributed by atoms with Gasteiger partial charge in [-0.25, -0.2) is 0 Å². The summed E-state index contributed by atoms with van der Waals surface area (Å²) in [6.07, 6.45) is -28.3. The van der Waals surface area contributed by atoms with Gasteiger partial charge in [-0.3, -0.25) is 4.79 Å². The Bertz CT molecular complexity index is 1760. The second-order valence-corrected chi connectivity index (χ2v) is 20.8. The van der Waals surface area contributed by atoms with Crippen LogP contribution in [0, 0.1) is 28.1 Å². The molecular formula is C44H70O23. The second-order valence-electron chi connectivity index (χ2n) is 20.8. The Balaban J connectivity index is 1.01. The highest BCUT2D eigenvalue weighted by Gasteiger charge is 2.69. The first-order chi connectivity index (χ1) is 31.6. The maximum Gasteiger partial charge on any atom is 0.314 e. The quantitative estimate of drug-likeness (QED) is 0.0494. The number of esters is 1. The minimum Gasteiger partial charge on any atom is -0.432 e. The summed E-state index contributed by atoms with van der Waals surface area (Å²) in [5.74, 6) is -0.927. The average molecular weight is 967 g/mol. The van der Waals surface area contributed by atoms with Gasteiger partial charge in [-0.15, -0.1) is 0 Å². The Kier molecular flexibility index (Phi) is 15.0. The predicted octanol–water partition coefficient (Wildman–Crippen LogP) is -5.11. The number of aliphatic hydroxyl groups is 14. The lowest BCUT2D eigenvalue weighted by atomic mass is 9.41. The van der Waals surface area contributed by atoms with Gasteiger partial charge in [-0.1, -0.05) is 19.9 Å². The standard InChI is InChI=1S/C44H70O23/c1-17-11-43-9-5-22-41(2,7-4-8-42(22,3)40(59)66-38-34(30(55)26(51)20(14-47)62-38)64-36-32(57)28(53)24(49)18(12-45)60-36)23(43)6-10-44(17,16-43)67-39-35(31(56)27(52)21(15-48)63-39)65-37-33(58)29(54)25(50)19(13-46)61-37/h18-39,45-58H,1,4-16H2,2-3H3/t18?,19?,20?,21?,22?,23-,24?,25?,26?,27?,28?,29?,30?,31?,32?,33?,34?,35?,36?,37?,38?,39?,41+,42+,43?,44?/m0/s1. The number of hydrogen-bond acceptors (Lipinski definition) is 23. The van der Waals surface area contributed by atoms with Gasteiger partial charge >= 0.3 is 5.97 Å². The van der Waals surface area contributed by atoms with Gasteiger partial charge in [0.15, 0.2) is 25.0 Å². The highest BCUT2D eigenvalue weighted by Crippen LogP contribution is 2.73. The molecule has 4 heterocycles. The number of ether oxygens (including phenoxy) is 8. The van der Waals surface area contributed by atoms with Crippen LogP contribution in [0.4, 0.5) is 0 Å². The maximum atomic E-state index is 14.7. The first kappa shape index (κ1) is 51.7. The summed E-state index contributed by atoms with van der Waals surface area (Å²) in [4.78, 5) is 14.7. The van der Waals surface area contributed by atoms with Crippen LogP contribution >= 0.6 is 0 Å². The molecule has 4 saturated carbocycles. The van der Waals surface area contributed by atoms with Gasteiger partial charge in [-0.05, 0) is 86.5 Å². The van der Waals surface area contributed by atoms with Gasteiger partial charge in [0.05, 0.1) is 37.4 Å². The normalized spacial score (nSPS) is 54.5. The van der Waals surface area contributed by atoms with Gasteiger partial charge in [0.1, 0.15) is 91.6 Å². The van der Waals surface area contributed by atoms with Crippen molar-refractivity contribution < 1.29 is 114 Å². The Hall–Kier alpha value is -1.63. The average Bonchev–Trinajstić information content (AvgIpc) is 3.50. The first-order valence-corrected chi connectivity index (χ1v) is 23.4. The monoisotopic (exact) mass is 966 g/mol. The van der Waals surface area contributed by atoms with E-state index >= 15 is 0 Å². The van der Waals surface area contributed by atoms with E-state index < -0.39 is 172 Å². The summed E-state index contributed by atoms with van der Waals surface area (Å²) in [6.45, 7) is 5.47. The highest BCUT2D eigenvalue weighted by atomic mass is 16.8. The highest BCUT2D eigenvalue weighted by molar-refractivity contribution is 5.77. The Morgan fingerprint density at radius 2 is 1.01 bits per heavy atom. The molecule has 2 bridgehead atoms. The fourth-order valence-corrected chi connectivity index (χ4v) is 13.5. The molecule has 8 fully saturated rings. The second kappa shape index (κ2) is 19.4. The molecule has 8 rings (SSSR count). The van der Waals surface area contributed by atoms with Crippen molar-refractivity contribution in [2.24, 2.45) is 28.1 Å². The molecule has 23 heteroatoms. The molecule has 384 valence electrons. The third-order valence-corrected chi connectivity index (χ3v) is 17.1. The largest absolute Gasteiger partial charge is 0.432 e. The minimum atomic E-state index is -1.90. The molecule has 14 N–H and O–H groups in total. The molecule has 4 aliphatic carbocycles. The number of hydrogen-bond donors (Lipinski definition) is 14. The van der Waals surface area contributed by atoms with Crippen LogP contribution in [0.25, 0.3) is 0 Å². The summed E-state index contributed by atoms with van der Waals surface area (Å²) in [6, 6.07) is 0. The third-order valence-electron chi connectivity index (χ3n) is 17.1. The van der Waals surface area contributed by atoms with Crippen LogP contribution < -0.4 is 0 Å². The number of carbonyl (C=O) groups excluding carboxylic acids is 1. The van der Waals surface area contributed by atoms with Crippen LogP contribution in [-0.2, 0) is 42.7 Å². The summed E-state index contributed by atoms with van der Waals surface area (Å²) >= 11 is 0. The lowest BCUT2D eigenvalue weighted by Crippen LogP contribution is -2.66. The first-order valence-electron chi connectivity index (χ1n) is 23.4. The zero-order chi connectivity index (χ0) is 48.7. The van der Waals surface area contributed by atoms with E-state index in [4.69, 9.17) is 37.9 Å². The van der Waals surface area contributed by atoms with E-state index in [-0.39, 0.29) is 17.3 Å². The Morgan fingerprint density at radius 1 is 0.567 bits per heavy atom. The molecule has 1 spiro atoms. The SMILES string of the molecule is C=C1CC23CCC4[C@](C)(C(=O)OC5OC(CO)C(O)C(O)C5OC5OC(CO)C(O)C(O)C5O)CCC[C@@]4(C)[C@@H]2CCC1(OC1OC(CO)C(O)C(O)C1OC1OC(CO)C(O)C(O)C1O)C3. The molecule has 23 nitrogen and oxygen atoms in total. The van der Waals surface area contributed by atoms with E-state index in [9.17, 15) is 76.3 Å². The summed E-state index contributed by atoms with van der Waals surface area (Å²) in [5.41, 5.74) is -2.29. The molecule has 0 aromatic heterocycles. The summed E-state index contributed by atoms with van der Waals surface area (Å²) < 4.78 is 47.6. The van der Waals surface area contributed by atoms with Crippen LogP contribution in [0.3, 0.4) is 0 Å². The van der Waals surface area contributed by atoms with Gasteiger partial charge in [0, 0.05) is 0 Å². The van der Waals surface area contributed by atoms with Gasteiger partial charge in [-0.2, -0.15) is 0 Å². The fourth-order valence-electron chi connectivity index (χ4n) is 13.5. The molecule has 26 atom stereocenters. The summed E-state index contributed by atoms with van der Waals surface area (Å²) in [7, 11) is 0. The van der Waals surface area contributed by atoms with E-state index in [1.165, 1.54) is 0 Å². The molecule has 0 aromatic rings. The van der Waals surface area contributed by atoms with Crippen molar-refractivity contribution in [3.8, 4) is 0 Å². The molecule has 67 heavy (non-hydrogen) atoms. The zero-order valence-electron chi connectivity index (χ0n) is 37.5. The maximum absolute atomic E-state index is 14.7. The van der Waals surface area contributed by atoms with Crippen molar-refractivity contribution in [2.45, 2.75) is 200 Å².